The van der Waals surface area contributed by atoms with E-state index in [1.807, 2.05) is 0 Å². The molecule has 0 aromatic heterocycles. The Morgan fingerprint density at radius 3 is 2.12 bits per heavy atom. The van der Waals surface area contributed by atoms with Crippen molar-refractivity contribution in [1.29, 1.82) is 0 Å². The Bertz CT molecular complexity index is 106. The Morgan fingerprint density at radius 2 is 2.00 bits per heavy atom. The van der Waals surface area contributed by atoms with Gasteiger partial charge in [0, 0.05) is 13.3 Å². The Hall–Kier alpha value is -0.700. The highest BCUT2D eigenvalue weighted by Crippen LogP contribution is 1.80. The fraction of sp³-hybridized carbons (Fsp3) is 0.600. The molecule has 1 N–H and O–H groups in total. The minimum atomic E-state index is -0.507. The molecule has 0 bridgehead atoms. The first-order valence-corrected chi connectivity index (χ1v) is 2.33. The molecular formula is C5H8O3. The molecule has 0 amide bonds. The SMILES string of the molecule is CC(=O)C(=O)CCO. The summed E-state index contributed by atoms with van der Waals surface area (Å²) in [6.07, 6.45) is -0.0463. The number of carbonyl (C=O) groups excluding carboxylic acids is 2. The van der Waals surface area contributed by atoms with Crippen molar-refractivity contribution in [3.05, 3.63) is 0 Å². The van der Waals surface area contributed by atoms with Crippen LogP contribution in [0.3, 0.4) is 0 Å². The summed E-state index contributed by atoms with van der Waals surface area (Å²) in [5, 5.41) is 8.11. The van der Waals surface area contributed by atoms with E-state index in [1.165, 1.54) is 6.92 Å². The summed E-state index contributed by atoms with van der Waals surface area (Å²) in [7, 11) is 0. The van der Waals surface area contributed by atoms with Crippen molar-refractivity contribution in [3.8, 4) is 0 Å². The predicted molar refractivity (Wildman–Crippen MR) is 27.4 cm³/mol. The zero-order valence-corrected chi connectivity index (χ0v) is 4.68. The van der Waals surface area contributed by atoms with Crippen LogP contribution in [0.15, 0.2) is 0 Å². The van der Waals surface area contributed by atoms with E-state index >= 15 is 0 Å². The van der Waals surface area contributed by atoms with E-state index < -0.39 is 11.6 Å². The van der Waals surface area contributed by atoms with Crippen LogP contribution < -0.4 is 0 Å². The second-order valence-electron chi connectivity index (χ2n) is 1.45. The maximum atomic E-state index is 10.2. The molecule has 8 heavy (non-hydrogen) atoms. The van der Waals surface area contributed by atoms with Gasteiger partial charge in [0.05, 0.1) is 6.61 Å². The van der Waals surface area contributed by atoms with Crippen LogP contribution >= 0.6 is 0 Å². The molecule has 0 radical (unpaired) electrons. The Balaban J connectivity index is 3.49. The lowest BCUT2D eigenvalue weighted by Gasteiger charge is -1.86. The first-order valence-electron chi connectivity index (χ1n) is 2.33. The van der Waals surface area contributed by atoms with Gasteiger partial charge in [0.25, 0.3) is 0 Å². The molecule has 0 atom stereocenters. The van der Waals surface area contributed by atoms with Gasteiger partial charge in [0.15, 0.2) is 11.6 Å². The van der Waals surface area contributed by atoms with Gasteiger partial charge in [-0.1, -0.05) is 0 Å². The van der Waals surface area contributed by atoms with Crippen LogP contribution in [0, 0.1) is 0 Å². The number of hydrogen-bond donors (Lipinski definition) is 1. The number of Topliss-reactive ketones (excluding diaryl/α,β-unsaturated/α-hetero) is 2. The molecule has 0 aliphatic rings. The molecule has 0 rings (SSSR count). The minimum Gasteiger partial charge on any atom is -0.396 e. The number of hydrogen-bond acceptors (Lipinski definition) is 3. The molecule has 0 saturated heterocycles. The van der Waals surface area contributed by atoms with Crippen molar-refractivity contribution < 1.29 is 14.7 Å². The molecule has 0 heterocycles. The van der Waals surface area contributed by atoms with Crippen molar-refractivity contribution in [3.63, 3.8) is 0 Å². The lowest BCUT2D eigenvalue weighted by Crippen LogP contribution is -2.10. The summed E-state index contributed by atoms with van der Waals surface area (Å²) >= 11 is 0. The largest absolute Gasteiger partial charge is 0.396 e. The molecule has 0 unspecified atom stereocenters. The topological polar surface area (TPSA) is 54.4 Å². The third-order valence-corrected chi connectivity index (χ3v) is 0.732. The molecule has 0 aromatic carbocycles. The summed E-state index contributed by atoms with van der Waals surface area (Å²) in [5.41, 5.74) is 0. The van der Waals surface area contributed by atoms with E-state index in [-0.39, 0.29) is 13.0 Å². The maximum absolute atomic E-state index is 10.2. The highest BCUT2D eigenvalue weighted by molar-refractivity contribution is 6.36. The molecule has 3 nitrogen and oxygen atoms in total. The smallest absolute Gasteiger partial charge is 0.200 e. The number of carbonyl (C=O) groups is 2. The Morgan fingerprint density at radius 1 is 1.50 bits per heavy atom. The van der Waals surface area contributed by atoms with Crippen LogP contribution in [-0.4, -0.2) is 23.3 Å². The summed E-state index contributed by atoms with van der Waals surface area (Å²) in [6, 6.07) is 0. The van der Waals surface area contributed by atoms with E-state index in [4.69, 9.17) is 5.11 Å². The van der Waals surface area contributed by atoms with E-state index in [1.54, 1.807) is 0 Å². The number of ketones is 2. The molecule has 0 aromatic rings. The van der Waals surface area contributed by atoms with Crippen molar-refractivity contribution in [2.45, 2.75) is 13.3 Å². The summed E-state index contributed by atoms with van der Waals surface area (Å²) in [6.45, 7) is 0.955. The van der Waals surface area contributed by atoms with Gasteiger partial charge in [0.2, 0.25) is 0 Å². The van der Waals surface area contributed by atoms with Gasteiger partial charge in [0.1, 0.15) is 0 Å². The monoisotopic (exact) mass is 116 g/mol. The maximum Gasteiger partial charge on any atom is 0.200 e. The van der Waals surface area contributed by atoms with Crippen LogP contribution in [-0.2, 0) is 9.59 Å². The lowest BCUT2D eigenvalue weighted by molar-refractivity contribution is -0.135. The van der Waals surface area contributed by atoms with Crippen molar-refractivity contribution in [1.82, 2.24) is 0 Å². The first kappa shape index (κ1) is 7.30. The number of aliphatic hydroxyl groups excluding tert-OH is 1. The van der Waals surface area contributed by atoms with E-state index in [9.17, 15) is 9.59 Å². The van der Waals surface area contributed by atoms with E-state index in [2.05, 4.69) is 0 Å². The zero-order valence-electron chi connectivity index (χ0n) is 4.68. The molecule has 0 saturated carbocycles. The zero-order chi connectivity index (χ0) is 6.57. The van der Waals surface area contributed by atoms with Crippen molar-refractivity contribution in [2.75, 3.05) is 6.61 Å². The lowest BCUT2D eigenvalue weighted by atomic mass is 10.2. The summed E-state index contributed by atoms with van der Waals surface area (Å²) in [4.78, 5) is 20.3. The molecular weight excluding hydrogens is 108 g/mol. The van der Waals surface area contributed by atoms with Crippen LogP contribution in [0.25, 0.3) is 0 Å². The van der Waals surface area contributed by atoms with Crippen LogP contribution in [0.1, 0.15) is 13.3 Å². The Kier molecular flexibility index (Phi) is 3.03. The first-order chi connectivity index (χ1) is 3.68. The molecule has 0 spiro atoms. The van der Waals surface area contributed by atoms with E-state index in [0.29, 0.717) is 0 Å². The Labute approximate surface area is 47.3 Å². The average Bonchev–Trinajstić information content (AvgIpc) is 1.67. The fourth-order valence-electron chi connectivity index (χ4n) is 0.278. The average molecular weight is 116 g/mol. The van der Waals surface area contributed by atoms with Gasteiger partial charge in [-0.15, -0.1) is 0 Å². The molecule has 3 heteroatoms. The van der Waals surface area contributed by atoms with Crippen LogP contribution in [0.2, 0.25) is 0 Å². The number of rotatable bonds is 3. The third kappa shape index (κ3) is 2.47. The highest BCUT2D eigenvalue weighted by Gasteiger charge is 2.04. The van der Waals surface area contributed by atoms with Crippen LogP contribution in [0.4, 0.5) is 0 Å². The second-order valence-corrected chi connectivity index (χ2v) is 1.45. The van der Waals surface area contributed by atoms with E-state index in [0.717, 1.165) is 0 Å². The predicted octanol–water partition coefficient (Wildman–Crippen LogP) is -0.473. The summed E-state index contributed by atoms with van der Waals surface area (Å²) in [5.74, 6) is -0.994. The number of aliphatic hydroxyl groups is 1. The quantitative estimate of drug-likeness (QED) is 0.507. The van der Waals surface area contributed by atoms with Crippen molar-refractivity contribution >= 4 is 11.6 Å². The summed E-state index contributed by atoms with van der Waals surface area (Å²) < 4.78 is 0. The molecule has 0 aliphatic carbocycles. The molecule has 46 valence electrons. The molecule has 0 fully saturated rings. The molecule has 0 aliphatic heterocycles. The standard InChI is InChI=1S/C5H8O3/c1-4(7)5(8)2-3-6/h6H,2-3H2,1H3. The van der Waals surface area contributed by atoms with Gasteiger partial charge >= 0.3 is 0 Å². The third-order valence-electron chi connectivity index (χ3n) is 0.732. The second kappa shape index (κ2) is 3.32. The van der Waals surface area contributed by atoms with Gasteiger partial charge < -0.3 is 5.11 Å². The fourth-order valence-corrected chi connectivity index (χ4v) is 0.278. The highest BCUT2D eigenvalue weighted by atomic mass is 16.3. The van der Waals surface area contributed by atoms with Gasteiger partial charge in [-0.3, -0.25) is 9.59 Å². The van der Waals surface area contributed by atoms with Crippen LogP contribution in [0.5, 0.6) is 0 Å². The van der Waals surface area contributed by atoms with Gasteiger partial charge in [-0.05, 0) is 0 Å². The van der Waals surface area contributed by atoms with Crippen molar-refractivity contribution in [2.24, 2.45) is 0 Å². The van der Waals surface area contributed by atoms with Gasteiger partial charge in [-0.25, -0.2) is 0 Å². The normalized spacial score (nSPS) is 8.75. The minimum absolute atomic E-state index is 0.0463. The van der Waals surface area contributed by atoms with Gasteiger partial charge in [-0.2, -0.15) is 0 Å².